The Morgan fingerprint density at radius 2 is 1.00 bits per heavy atom. The summed E-state index contributed by atoms with van der Waals surface area (Å²) in [5, 5.41) is 5.13. The summed E-state index contributed by atoms with van der Waals surface area (Å²) in [7, 11) is 13.8. The molecule has 0 atom stereocenters. The molecule has 0 unspecified atom stereocenters. The van der Waals surface area contributed by atoms with Crippen LogP contribution >= 0.6 is 17.9 Å². The molecule has 0 radical (unpaired) electrons. The summed E-state index contributed by atoms with van der Waals surface area (Å²) < 4.78 is 1.68. The molecule has 0 nitrogen and oxygen atoms in total. The number of hydrogen-bond donors (Lipinski definition) is 0. The molecule has 0 saturated heterocycles. The second-order valence-electron chi connectivity index (χ2n) is 6.63. The van der Waals surface area contributed by atoms with Crippen molar-refractivity contribution in [2.24, 2.45) is 0 Å². The Morgan fingerprint density at radius 3 is 1.48 bits per heavy atom. The van der Waals surface area contributed by atoms with Crippen LogP contribution in [0, 0.1) is 0 Å². The molecule has 0 amide bonds. The van der Waals surface area contributed by atoms with E-state index in [4.69, 9.17) is 17.9 Å². The van der Waals surface area contributed by atoms with Gasteiger partial charge in [0.15, 0.2) is 0 Å². The SMILES string of the molecule is Cl[Te]1(Cl)Cc2ccc3ccccc3c2-c2c(ccc3ccccc23)C1. The van der Waals surface area contributed by atoms with Crippen LogP contribution in [-0.4, -0.2) is 15.9 Å². The average molecular weight is 479 g/mol. The number of hydrogen-bond acceptors (Lipinski definition) is 0. The summed E-state index contributed by atoms with van der Waals surface area (Å²) in [5.74, 6) is 0. The van der Waals surface area contributed by atoms with E-state index in [2.05, 4.69) is 72.8 Å². The standard InChI is InChI=1S/C22H16Cl2Te/c23-25(24)13-17-11-9-15-5-1-3-7-19(15)21(17)22-18(14-25)12-10-16-6-2-4-8-20(16)22/h1-12H,13-14H2. The Hall–Kier alpha value is -1.23. The summed E-state index contributed by atoms with van der Waals surface area (Å²) in [6, 6.07) is 26.1. The Labute approximate surface area is 158 Å². The van der Waals surface area contributed by atoms with Crippen molar-refractivity contribution < 1.29 is 0 Å². The van der Waals surface area contributed by atoms with Gasteiger partial charge < -0.3 is 0 Å². The third-order valence-corrected chi connectivity index (χ3v) is 12.1. The monoisotopic (exact) mass is 480 g/mol. The Balaban J connectivity index is 2.00. The van der Waals surface area contributed by atoms with Crippen LogP contribution in [0.4, 0.5) is 0 Å². The molecule has 4 aromatic rings. The van der Waals surface area contributed by atoms with Gasteiger partial charge in [0.05, 0.1) is 0 Å². The second-order valence-corrected chi connectivity index (χ2v) is 21.3. The minimum atomic E-state index is -2.96. The third-order valence-electron chi connectivity index (χ3n) is 5.01. The predicted molar refractivity (Wildman–Crippen MR) is 112 cm³/mol. The third kappa shape index (κ3) is 2.66. The summed E-state index contributed by atoms with van der Waals surface area (Å²) >= 11 is -2.96. The first-order valence-corrected chi connectivity index (χ1v) is 17.5. The fourth-order valence-corrected chi connectivity index (χ4v) is 11.4. The molecular formula is C22H16Cl2Te. The van der Waals surface area contributed by atoms with Crippen LogP contribution in [0.3, 0.4) is 0 Å². The van der Waals surface area contributed by atoms with Crippen molar-refractivity contribution in [3.8, 4) is 11.1 Å². The van der Waals surface area contributed by atoms with Gasteiger partial charge in [-0.3, -0.25) is 0 Å². The van der Waals surface area contributed by atoms with Crippen LogP contribution in [0.15, 0.2) is 72.8 Å². The van der Waals surface area contributed by atoms with E-state index in [0.717, 1.165) is 8.94 Å². The predicted octanol–water partition coefficient (Wildman–Crippen LogP) is 6.76. The second kappa shape index (κ2) is 5.90. The minimum absolute atomic E-state index is 0.842. The summed E-state index contributed by atoms with van der Waals surface area (Å²) in [6.07, 6.45) is 0. The molecule has 1 aliphatic heterocycles. The zero-order valence-corrected chi connectivity index (χ0v) is 17.3. The zero-order chi connectivity index (χ0) is 17.0. The van der Waals surface area contributed by atoms with Gasteiger partial charge in [-0.15, -0.1) is 0 Å². The first-order chi connectivity index (χ1) is 12.1. The number of fused-ring (bicyclic) bond motifs is 7. The van der Waals surface area contributed by atoms with Gasteiger partial charge in [0.2, 0.25) is 0 Å². The van der Waals surface area contributed by atoms with E-state index in [1.165, 1.54) is 43.8 Å². The van der Waals surface area contributed by atoms with Gasteiger partial charge in [-0.1, -0.05) is 0 Å². The molecule has 0 aliphatic carbocycles. The molecule has 0 spiro atoms. The quantitative estimate of drug-likeness (QED) is 0.245. The molecular weight excluding hydrogens is 463 g/mol. The van der Waals surface area contributed by atoms with Crippen LogP contribution in [0.2, 0.25) is 0 Å². The van der Waals surface area contributed by atoms with Gasteiger partial charge in [-0.25, -0.2) is 0 Å². The Morgan fingerprint density at radius 1 is 0.560 bits per heavy atom. The Kier molecular flexibility index (Phi) is 3.77. The van der Waals surface area contributed by atoms with Crippen LogP contribution in [0.5, 0.6) is 0 Å². The van der Waals surface area contributed by atoms with Gasteiger partial charge in [0, 0.05) is 0 Å². The van der Waals surface area contributed by atoms with Crippen molar-refractivity contribution >= 4 is 55.4 Å². The van der Waals surface area contributed by atoms with Gasteiger partial charge in [0.1, 0.15) is 0 Å². The average Bonchev–Trinajstić information content (AvgIpc) is 2.73. The molecule has 0 N–H and O–H groups in total. The van der Waals surface area contributed by atoms with E-state index in [0.29, 0.717) is 0 Å². The molecule has 3 heteroatoms. The molecule has 4 aromatic carbocycles. The van der Waals surface area contributed by atoms with Crippen molar-refractivity contribution in [2.75, 3.05) is 0 Å². The molecule has 5 rings (SSSR count). The topological polar surface area (TPSA) is 0 Å². The van der Waals surface area contributed by atoms with Gasteiger partial charge >= 0.3 is 159 Å². The number of rotatable bonds is 0. The molecule has 0 fully saturated rings. The van der Waals surface area contributed by atoms with Gasteiger partial charge in [-0.2, -0.15) is 0 Å². The van der Waals surface area contributed by atoms with Crippen molar-refractivity contribution in [1.82, 2.24) is 0 Å². The van der Waals surface area contributed by atoms with Crippen molar-refractivity contribution in [3.05, 3.63) is 83.9 Å². The van der Waals surface area contributed by atoms with Crippen LogP contribution < -0.4 is 0 Å². The Bertz CT molecular complexity index is 1040. The maximum absolute atomic E-state index is 6.89. The molecule has 25 heavy (non-hydrogen) atoms. The van der Waals surface area contributed by atoms with Gasteiger partial charge in [0.25, 0.3) is 0 Å². The molecule has 1 heterocycles. The normalized spacial score (nSPS) is 16.9. The number of benzene rings is 4. The molecule has 0 saturated carbocycles. The van der Waals surface area contributed by atoms with E-state index in [9.17, 15) is 0 Å². The zero-order valence-electron chi connectivity index (χ0n) is 13.5. The maximum atomic E-state index is 6.89. The fraction of sp³-hybridized carbons (Fsp3) is 0.0909. The summed E-state index contributed by atoms with van der Waals surface area (Å²) in [6.45, 7) is 0. The van der Waals surface area contributed by atoms with E-state index in [1.807, 2.05) is 0 Å². The number of halogens is 2. The molecule has 124 valence electrons. The van der Waals surface area contributed by atoms with Crippen molar-refractivity contribution in [2.45, 2.75) is 8.94 Å². The van der Waals surface area contributed by atoms with Crippen LogP contribution in [0.25, 0.3) is 32.7 Å². The van der Waals surface area contributed by atoms with E-state index < -0.39 is 15.9 Å². The van der Waals surface area contributed by atoms with Crippen molar-refractivity contribution in [1.29, 1.82) is 0 Å². The van der Waals surface area contributed by atoms with E-state index in [1.54, 1.807) is 0 Å². The van der Waals surface area contributed by atoms with E-state index >= 15 is 0 Å². The van der Waals surface area contributed by atoms with Crippen molar-refractivity contribution in [3.63, 3.8) is 0 Å². The molecule has 0 bridgehead atoms. The van der Waals surface area contributed by atoms with Crippen LogP contribution in [0.1, 0.15) is 11.1 Å². The van der Waals surface area contributed by atoms with Gasteiger partial charge in [-0.05, 0) is 0 Å². The summed E-state index contributed by atoms with van der Waals surface area (Å²) in [4.78, 5) is 0. The first kappa shape index (κ1) is 16.0. The molecule has 1 aliphatic rings. The fourth-order valence-electron chi connectivity index (χ4n) is 3.97. The summed E-state index contributed by atoms with van der Waals surface area (Å²) in [5.41, 5.74) is 5.28. The van der Waals surface area contributed by atoms with E-state index in [-0.39, 0.29) is 0 Å². The van der Waals surface area contributed by atoms with Crippen LogP contribution in [-0.2, 0) is 8.94 Å². The first-order valence-electron chi connectivity index (χ1n) is 8.32. The molecule has 0 aromatic heterocycles.